The molecular weight excluding hydrogens is 374 g/mol. The number of nitrogens with one attached hydrogen (secondary N) is 2. The summed E-state index contributed by atoms with van der Waals surface area (Å²) < 4.78 is 0. The summed E-state index contributed by atoms with van der Waals surface area (Å²) in [5.74, 6) is -0.460. The maximum atomic E-state index is 12.5. The molecule has 1 aliphatic rings. The van der Waals surface area contributed by atoms with Crippen LogP contribution in [0.1, 0.15) is 59.2 Å². The lowest BCUT2D eigenvalue weighted by Gasteiger charge is -2.31. The smallest absolute Gasteiger partial charge is 0.251 e. The minimum atomic E-state index is -0.237. The van der Waals surface area contributed by atoms with Crippen LogP contribution in [0, 0.1) is 13.8 Å². The van der Waals surface area contributed by atoms with Crippen LogP contribution < -0.4 is 10.6 Å². The quantitative estimate of drug-likeness (QED) is 0.713. The molecule has 5 heteroatoms. The van der Waals surface area contributed by atoms with Gasteiger partial charge in [0.05, 0.1) is 6.54 Å². The Morgan fingerprint density at radius 2 is 1.73 bits per heavy atom. The molecule has 0 aromatic heterocycles. The Morgan fingerprint density at radius 3 is 2.47 bits per heavy atom. The van der Waals surface area contributed by atoms with E-state index in [1.54, 1.807) is 6.07 Å². The van der Waals surface area contributed by atoms with Gasteiger partial charge in [-0.2, -0.15) is 0 Å². The molecule has 2 N–H and O–H groups in total. The van der Waals surface area contributed by atoms with Gasteiger partial charge in [0.15, 0.2) is 0 Å². The molecule has 1 fully saturated rings. The summed E-state index contributed by atoms with van der Waals surface area (Å²) >= 11 is 0. The minimum absolute atomic E-state index is 0.0570. The molecule has 5 nitrogen and oxygen atoms in total. The summed E-state index contributed by atoms with van der Waals surface area (Å²) in [5, 5.41) is 5.68. The van der Waals surface area contributed by atoms with E-state index >= 15 is 0 Å². The number of rotatable bonds is 7. The third-order valence-corrected chi connectivity index (χ3v) is 6.09. The Labute approximate surface area is 179 Å². The summed E-state index contributed by atoms with van der Waals surface area (Å²) in [4.78, 5) is 27.2. The van der Waals surface area contributed by atoms with Crippen LogP contribution in [-0.4, -0.2) is 36.3 Å². The van der Waals surface area contributed by atoms with Crippen LogP contribution in [0.3, 0.4) is 0 Å². The summed E-state index contributed by atoms with van der Waals surface area (Å²) in [6.07, 6.45) is 6.43. The van der Waals surface area contributed by atoms with E-state index in [1.165, 1.54) is 32.1 Å². The fourth-order valence-corrected chi connectivity index (χ4v) is 4.04. The number of anilines is 1. The van der Waals surface area contributed by atoms with Gasteiger partial charge in [-0.25, -0.2) is 0 Å². The van der Waals surface area contributed by atoms with Crippen LogP contribution in [0.25, 0.3) is 0 Å². The number of aryl methyl sites for hydroxylation is 2. The molecule has 0 aliphatic heterocycles. The topological polar surface area (TPSA) is 61.4 Å². The third kappa shape index (κ3) is 5.92. The standard InChI is InChI=1S/C25H33N3O2/c1-18-13-14-20(15-19(18)2)25(30)26-16-24(29)27-23-12-8-7-9-21(23)17-28(3)22-10-5-4-6-11-22/h7-9,12-15,22H,4-6,10-11,16-17H2,1-3H3,(H,26,30)(H,27,29). The van der Waals surface area contributed by atoms with E-state index in [4.69, 9.17) is 0 Å². The molecule has 2 aromatic rings. The molecule has 0 spiro atoms. The second kappa shape index (κ2) is 10.4. The molecule has 0 bridgehead atoms. The van der Waals surface area contributed by atoms with Gasteiger partial charge in [0.2, 0.25) is 5.91 Å². The zero-order valence-corrected chi connectivity index (χ0v) is 18.3. The van der Waals surface area contributed by atoms with E-state index in [0.29, 0.717) is 11.6 Å². The average molecular weight is 408 g/mol. The van der Waals surface area contributed by atoms with Crippen molar-refractivity contribution in [1.29, 1.82) is 0 Å². The Morgan fingerprint density at radius 1 is 1.00 bits per heavy atom. The van der Waals surface area contributed by atoms with Gasteiger partial charge in [0.25, 0.3) is 5.91 Å². The van der Waals surface area contributed by atoms with Crippen molar-refractivity contribution < 1.29 is 9.59 Å². The summed E-state index contributed by atoms with van der Waals surface area (Å²) in [5.41, 5.74) is 4.67. The molecule has 0 radical (unpaired) electrons. The van der Waals surface area contributed by atoms with E-state index in [2.05, 4.69) is 28.6 Å². The fourth-order valence-electron chi connectivity index (χ4n) is 4.04. The van der Waals surface area contributed by atoms with Crippen molar-refractivity contribution in [2.45, 2.75) is 58.5 Å². The molecule has 160 valence electrons. The summed E-state index contributed by atoms with van der Waals surface area (Å²) in [6.45, 7) is 4.72. The Kier molecular flexibility index (Phi) is 7.63. The van der Waals surface area contributed by atoms with Gasteiger partial charge >= 0.3 is 0 Å². The number of amides is 2. The number of hydrogen-bond donors (Lipinski definition) is 2. The van der Waals surface area contributed by atoms with Crippen LogP contribution in [0.4, 0.5) is 5.69 Å². The van der Waals surface area contributed by atoms with Crippen LogP contribution in [0.2, 0.25) is 0 Å². The van der Waals surface area contributed by atoms with Crippen LogP contribution >= 0.6 is 0 Å². The van der Waals surface area contributed by atoms with Gasteiger partial charge in [0, 0.05) is 23.8 Å². The number of para-hydroxylation sites is 1. The van der Waals surface area contributed by atoms with Crippen LogP contribution in [0.5, 0.6) is 0 Å². The lowest BCUT2D eigenvalue weighted by atomic mass is 9.94. The zero-order valence-electron chi connectivity index (χ0n) is 18.3. The first-order valence-electron chi connectivity index (χ1n) is 10.9. The highest BCUT2D eigenvalue weighted by Gasteiger charge is 2.19. The van der Waals surface area contributed by atoms with Gasteiger partial charge in [0.1, 0.15) is 0 Å². The SMILES string of the molecule is Cc1ccc(C(=O)NCC(=O)Nc2ccccc2CN(C)C2CCCCC2)cc1C. The Hall–Kier alpha value is -2.66. The average Bonchev–Trinajstić information content (AvgIpc) is 2.76. The molecule has 3 rings (SSSR count). The van der Waals surface area contributed by atoms with E-state index in [-0.39, 0.29) is 18.4 Å². The van der Waals surface area contributed by atoms with Gasteiger partial charge in [-0.3, -0.25) is 14.5 Å². The first-order valence-corrected chi connectivity index (χ1v) is 10.9. The lowest BCUT2D eigenvalue weighted by Crippen LogP contribution is -2.34. The molecule has 0 unspecified atom stereocenters. The molecule has 30 heavy (non-hydrogen) atoms. The molecule has 2 amide bonds. The van der Waals surface area contributed by atoms with E-state index < -0.39 is 0 Å². The zero-order chi connectivity index (χ0) is 21.5. The molecule has 0 atom stereocenters. The Bertz CT molecular complexity index is 888. The Balaban J connectivity index is 1.56. The summed E-state index contributed by atoms with van der Waals surface area (Å²) in [6, 6.07) is 14.1. The van der Waals surface area contributed by atoms with Crippen molar-refractivity contribution in [1.82, 2.24) is 10.2 Å². The van der Waals surface area contributed by atoms with Gasteiger partial charge in [-0.15, -0.1) is 0 Å². The third-order valence-electron chi connectivity index (χ3n) is 6.09. The number of carbonyl (C=O) groups excluding carboxylic acids is 2. The molecule has 0 heterocycles. The van der Waals surface area contributed by atoms with Gasteiger partial charge in [-0.1, -0.05) is 43.5 Å². The maximum absolute atomic E-state index is 12.5. The minimum Gasteiger partial charge on any atom is -0.343 e. The van der Waals surface area contributed by atoms with Crippen molar-refractivity contribution in [3.63, 3.8) is 0 Å². The highest BCUT2D eigenvalue weighted by molar-refractivity contribution is 5.99. The van der Waals surface area contributed by atoms with Crippen molar-refractivity contribution >= 4 is 17.5 Å². The first kappa shape index (κ1) is 22.0. The van der Waals surface area contributed by atoms with E-state index in [9.17, 15) is 9.59 Å². The van der Waals surface area contributed by atoms with Crippen LogP contribution in [0.15, 0.2) is 42.5 Å². The monoisotopic (exact) mass is 407 g/mol. The lowest BCUT2D eigenvalue weighted by molar-refractivity contribution is -0.115. The normalized spacial score (nSPS) is 14.5. The maximum Gasteiger partial charge on any atom is 0.251 e. The predicted molar refractivity (Wildman–Crippen MR) is 122 cm³/mol. The summed E-state index contributed by atoms with van der Waals surface area (Å²) in [7, 11) is 2.17. The van der Waals surface area contributed by atoms with Crippen molar-refractivity contribution in [3.05, 3.63) is 64.7 Å². The van der Waals surface area contributed by atoms with Crippen molar-refractivity contribution in [2.24, 2.45) is 0 Å². The van der Waals surface area contributed by atoms with Gasteiger partial charge in [-0.05, 0) is 68.6 Å². The fraction of sp³-hybridized carbons (Fsp3) is 0.440. The van der Waals surface area contributed by atoms with E-state index in [0.717, 1.165) is 28.9 Å². The number of nitrogens with zero attached hydrogens (tertiary/aromatic N) is 1. The second-order valence-electron chi connectivity index (χ2n) is 8.39. The second-order valence-corrected chi connectivity index (χ2v) is 8.39. The molecule has 0 saturated heterocycles. The van der Waals surface area contributed by atoms with Crippen molar-refractivity contribution in [2.75, 3.05) is 18.9 Å². The first-order chi connectivity index (χ1) is 14.4. The molecule has 2 aromatic carbocycles. The van der Waals surface area contributed by atoms with Crippen LogP contribution in [-0.2, 0) is 11.3 Å². The largest absolute Gasteiger partial charge is 0.343 e. The predicted octanol–water partition coefficient (Wildman–Crippen LogP) is 4.44. The highest BCUT2D eigenvalue weighted by Crippen LogP contribution is 2.24. The van der Waals surface area contributed by atoms with Gasteiger partial charge < -0.3 is 10.6 Å². The number of hydrogen-bond acceptors (Lipinski definition) is 3. The van der Waals surface area contributed by atoms with E-state index in [1.807, 2.05) is 44.2 Å². The molecular formula is C25H33N3O2. The highest BCUT2D eigenvalue weighted by atomic mass is 16.2. The molecule has 1 aliphatic carbocycles. The number of carbonyl (C=O) groups is 2. The van der Waals surface area contributed by atoms with Crippen molar-refractivity contribution in [3.8, 4) is 0 Å². The number of benzene rings is 2. The molecule has 1 saturated carbocycles.